The molecule has 0 atom stereocenters. The van der Waals surface area contributed by atoms with Crippen LogP contribution in [0.3, 0.4) is 0 Å². The molecule has 22 heavy (non-hydrogen) atoms. The minimum absolute atomic E-state index is 0.649. The Morgan fingerprint density at radius 3 is 2.73 bits per heavy atom. The predicted molar refractivity (Wildman–Crippen MR) is 84.1 cm³/mol. The van der Waals surface area contributed by atoms with Crippen molar-refractivity contribution >= 4 is 11.2 Å². The van der Waals surface area contributed by atoms with E-state index in [2.05, 4.69) is 32.2 Å². The Hall–Kier alpha value is -3.08. The molecule has 0 bridgehead atoms. The summed E-state index contributed by atoms with van der Waals surface area (Å²) in [6.45, 7) is 0.736. The van der Waals surface area contributed by atoms with Gasteiger partial charge in [0.05, 0.1) is 24.6 Å². The molecule has 3 heterocycles. The second-order valence-electron chi connectivity index (χ2n) is 5.01. The van der Waals surface area contributed by atoms with Gasteiger partial charge in [0, 0.05) is 18.0 Å². The van der Waals surface area contributed by atoms with E-state index < -0.39 is 0 Å². The molecule has 3 aromatic heterocycles. The van der Waals surface area contributed by atoms with Crippen molar-refractivity contribution in [3.8, 4) is 11.3 Å². The molecular weight excluding hydrogens is 274 g/mol. The quantitative estimate of drug-likeness (QED) is 0.581. The number of rotatable bonds is 3. The lowest BCUT2D eigenvalue weighted by Crippen LogP contribution is -1.99. The molecule has 0 fully saturated rings. The second-order valence-corrected chi connectivity index (χ2v) is 5.01. The Kier molecular flexibility index (Phi) is 3.08. The predicted octanol–water partition coefficient (Wildman–Crippen LogP) is 2.94. The lowest BCUT2D eigenvalue weighted by atomic mass is 10.2. The summed E-state index contributed by atoms with van der Waals surface area (Å²) in [6, 6.07) is 14.0. The molecule has 0 amide bonds. The molecule has 5 heteroatoms. The zero-order chi connectivity index (χ0) is 14.8. The van der Waals surface area contributed by atoms with Gasteiger partial charge >= 0.3 is 0 Å². The highest BCUT2D eigenvalue weighted by atomic mass is 15.3. The molecule has 0 unspecified atom stereocenters. The van der Waals surface area contributed by atoms with Gasteiger partial charge in [-0.05, 0) is 17.7 Å². The van der Waals surface area contributed by atoms with Gasteiger partial charge in [0.2, 0.25) is 0 Å². The van der Waals surface area contributed by atoms with Gasteiger partial charge in [-0.1, -0.05) is 30.3 Å². The van der Waals surface area contributed by atoms with Crippen molar-refractivity contribution in [2.75, 3.05) is 0 Å². The Balaban J connectivity index is 1.65. The van der Waals surface area contributed by atoms with E-state index in [4.69, 9.17) is 0 Å². The minimum atomic E-state index is 0.649. The van der Waals surface area contributed by atoms with E-state index in [9.17, 15) is 0 Å². The van der Waals surface area contributed by atoms with Crippen LogP contribution in [0, 0.1) is 0 Å². The van der Waals surface area contributed by atoms with Crippen LogP contribution in [0.15, 0.2) is 67.3 Å². The maximum absolute atomic E-state index is 4.54. The van der Waals surface area contributed by atoms with Crippen molar-refractivity contribution in [1.29, 1.82) is 0 Å². The highest BCUT2D eigenvalue weighted by molar-refractivity contribution is 5.72. The van der Waals surface area contributed by atoms with Crippen molar-refractivity contribution in [3.63, 3.8) is 0 Å². The summed E-state index contributed by atoms with van der Waals surface area (Å²) in [5.74, 6) is 0. The first-order chi connectivity index (χ1) is 10.9. The summed E-state index contributed by atoms with van der Waals surface area (Å²) in [4.78, 5) is 13.2. The normalized spacial score (nSPS) is 10.9. The molecule has 0 spiro atoms. The van der Waals surface area contributed by atoms with Crippen LogP contribution in [0.5, 0.6) is 0 Å². The van der Waals surface area contributed by atoms with E-state index in [1.54, 1.807) is 12.4 Å². The fourth-order valence-corrected chi connectivity index (χ4v) is 2.34. The Labute approximate surface area is 127 Å². The third-order valence-corrected chi connectivity index (χ3v) is 3.43. The summed E-state index contributed by atoms with van der Waals surface area (Å²) in [7, 11) is 0. The fourth-order valence-electron chi connectivity index (χ4n) is 2.34. The van der Waals surface area contributed by atoms with Crippen LogP contribution in [-0.2, 0) is 6.54 Å². The van der Waals surface area contributed by atoms with Crippen LogP contribution in [0.4, 0.5) is 0 Å². The van der Waals surface area contributed by atoms with Crippen LogP contribution in [0.2, 0.25) is 0 Å². The number of pyridine rings is 1. The zero-order valence-electron chi connectivity index (χ0n) is 11.8. The smallest absolute Gasteiger partial charge is 0.178 e. The Morgan fingerprint density at radius 1 is 0.909 bits per heavy atom. The molecule has 0 saturated carbocycles. The summed E-state index contributed by atoms with van der Waals surface area (Å²) in [6.07, 6.45) is 7.26. The number of fused-ring (bicyclic) bond motifs is 1. The molecule has 5 nitrogen and oxygen atoms in total. The van der Waals surface area contributed by atoms with Crippen molar-refractivity contribution in [2.45, 2.75) is 6.54 Å². The van der Waals surface area contributed by atoms with Gasteiger partial charge in [-0.25, -0.2) is 9.97 Å². The summed E-state index contributed by atoms with van der Waals surface area (Å²) < 4.78 is 1.90. The molecule has 0 saturated heterocycles. The summed E-state index contributed by atoms with van der Waals surface area (Å²) in [5.41, 5.74) is 4.38. The molecule has 106 valence electrons. The lowest BCUT2D eigenvalue weighted by molar-refractivity contribution is 0.687. The van der Waals surface area contributed by atoms with Crippen LogP contribution >= 0.6 is 0 Å². The standard InChI is InChI=1S/C17H13N5/c1-2-5-13(6-3-1)11-22-12-14(9-20-22)16-10-19-15-7-4-8-18-17(15)21-16/h1-10,12H,11H2. The monoisotopic (exact) mass is 287 g/mol. The maximum atomic E-state index is 4.54. The maximum Gasteiger partial charge on any atom is 0.178 e. The Bertz CT molecular complexity index is 914. The van der Waals surface area contributed by atoms with E-state index in [0.29, 0.717) is 5.65 Å². The summed E-state index contributed by atoms with van der Waals surface area (Å²) in [5, 5.41) is 4.40. The fraction of sp³-hybridized carbons (Fsp3) is 0.0588. The molecule has 0 N–H and O–H groups in total. The first-order valence-electron chi connectivity index (χ1n) is 7.03. The second kappa shape index (κ2) is 5.37. The number of hydrogen-bond acceptors (Lipinski definition) is 4. The number of aromatic nitrogens is 5. The third-order valence-electron chi connectivity index (χ3n) is 3.43. The molecule has 0 radical (unpaired) electrons. The van der Waals surface area contributed by atoms with E-state index in [0.717, 1.165) is 23.3 Å². The van der Waals surface area contributed by atoms with Crippen LogP contribution < -0.4 is 0 Å². The van der Waals surface area contributed by atoms with Gasteiger partial charge in [0.15, 0.2) is 5.65 Å². The topological polar surface area (TPSA) is 56.5 Å². The number of benzene rings is 1. The van der Waals surface area contributed by atoms with E-state index in [1.165, 1.54) is 5.56 Å². The molecule has 0 aliphatic carbocycles. The summed E-state index contributed by atoms with van der Waals surface area (Å²) >= 11 is 0. The van der Waals surface area contributed by atoms with Crippen LogP contribution in [-0.4, -0.2) is 24.7 Å². The Morgan fingerprint density at radius 2 is 1.82 bits per heavy atom. The SMILES string of the molecule is c1ccc(Cn2cc(-c3cnc4cccnc4n3)cn2)cc1. The van der Waals surface area contributed by atoms with Gasteiger partial charge in [-0.2, -0.15) is 5.10 Å². The van der Waals surface area contributed by atoms with Crippen molar-refractivity contribution in [2.24, 2.45) is 0 Å². The minimum Gasteiger partial charge on any atom is -0.268 e. The first-order valence-corrected chi connectivity index (χ1v) is 7.03. The molecule has 1 aromatic carbocycles. The average molecular weight is 287 g/mol. The first kappa shape index (κ1) is 12.6. The number of nitrogens with zero attached hydrogens (tertiary/aromatic N) is 5. The number of hydrogen-bond donors (Lipinski definition) is 0. The molecule has 4 rings (SSSR count). The van der Waals surface area contributed by atoms with Gasteiger partial charge in [0.25, 0.3) is 0 Å². The van der Waals surface area contributed by atoms with E-state index >= 15 is 0 Å². The van der Waals surface area contributed by atoms with Crippen LogP contribution in [0.25, 0.3) is 22.4 Å². The molecular formula is C17H13N5. The van der Waals surface area contributed by atoms with Gasteiger partial charge in [-0.3, -0.25) is 9.67 Å². The average Bonchev–Trinajstić information content (AvgIpc) is 3.04. The highest BCUT2D eigenvalue weighted by Crippen LogP contribution is 2.17. The van der Waals surface area contributed by atoms with Gasteiger partial charge in [0.1, 0.15) is 5.52 Å². The van der Waals surface area contributed by atoms with E-state index in [1.807, 2.05) is 47.4 Å². The van der Waals surface area contributed by atoms with Crippen molar-refractivity contribution in [3.05, 3.63) is 72.8 Å². The van der Waals surface area contributed by atoms with E-state index in [-0.39, 0.29) is 0 Å². The van der Waals surface area contributed by atoms with Gasteiger partial charge in [-0.15, -0.1) is 0 Å². The molecule has 0 aliphatic heterocycles. The molecule has 4 aromatic rings. The van der Waals surface area contributed by atoms with Crippen molar-refractivity contribution < 1.29 is 0 Å². The van der Waals surface area contributed by atoms with Crippen molar-refractivity contribution in [1.82, 2.24) is 24.7 Å². The van der Waals surface area contributed by atoms with Crippen LogP contribution in [0.1, 0.15) is 5.56 Å². The molecule has 0 aliphatic rings. The van der Waals surface area contributed by atoms with Gasteiger partial charge < -0.3 is 0 Å². The largest absolute Gasteiger partial charge is 0.268 e. The zero-order valence-corrected chi connectivity index (χ0v) is 11.8. The highest BCUT2D eigenvalue weighted by Gasteiger charge is 2.06. The third kappa shape index (κ3) is 2.44. The lowest BCUT2D eigenvalue weighted by Gasteiger charge is -2.01.